The zero-order chi connectivity index (χ0) is 18.9. The Bertz CT molecular complexity index is 976. The maximum Gasteiger partial charge on any atom is 0.228 e. The van der Waals surface area contributed by atoms with Crippen molar-refractivity contribution in [2.75, 3.05) is 31.6 Å². The molecule has 7 nitrogen and oxygen atoms in total. The molecule has 7 heteroatoms. The molecule has 0 atom stereocenters. The Morgan fingerprint density at radius 3 is 2.68 bits per heavy atom. The van der Waals surface area contributed by atoms with Crippen molar-refractivity contribution in [3.05, 3.63) is 42.9 Å². The molecule has 0 bridgehead atoms. The van der Waals surface area contributed by atoms with Crippen molar-refractivity contribution in [3.8, 4) is 11.1 Å². The first kappa shape index (κ1) is 17.3. The lowest BCUT2D eigenvalue weighted by Crippen LogP contribution is -2.52. The van der Waals surface area contributed by atoms with Gasteiger partial charge in [-0.15, -0.1) is 0 Å². The van der Waals surface area contributed by atoms with Gasteiger partial charge in [0.15, 0.2) is 0 Å². The first-order chi connectivity index (χ1) is 13.8. The van der Waals surface area contributed by atoms with Crippen molar-refractivity contribution < 1.29 is 9.53 Å². The van der Waals surface area contributed by atoms with Crippen molar-refractivity contribution >= 4 is 22.5 Å². The highest BCUT2D eigenvalue weighted by Crippen LogP contribution is 2.26. The number of amides is 1. The molecular formula is C21H23N5O2. The maximum atomic E-state index is 12.7. The van der Waals surface area contributed by atoms with Gasteiger partial charge in [0.1, 0.15) is 5.82 Å². The number of hydrogen-bond acceptors (Lipinski definition) is 5. The summed E-state index contributed by atoms with van der Waals surface area (Å²) >= 11 is 0. The highest BCUT2D eigenvalue weighted by molar-refractivity contribution is 5.95. The van der Waals surface area contributed by atoms with Gasteiger partial charge in [-0.25, -0.2) is 4.98 Å². The molecule has 1 amide bonds. The van der Waals surface area contributed by atoms with E-state index in [2.05, 4.69) is 31.5 Å². The average Bonchev–Trinajstić information content (AvgIpc) is 3.21. The summed E-state index contributed by atoms with van der Waals surface area (Å²) in [5.41, 5.74) is 2.12. The number of ether oxygens (including phenoxy) is 1. The van der Waals surface area contributed by atoms with Gasteiger partial charge in [0.2, 0.25) is 5.91 Å². The van der Waals surface area contributed by atoms with Gasteiger partial charge in [0.05, 0.1) is 25.5 Å². The highest BCUT2D eigenvalue weighted by atomic mass is 16.5. The Labute approximate surface area is 163 Å². The smallest absolute Gasteiger partial charge is 0.228 e. The quantitative estimate of drug-likeness (QED) is 0.730. The molecule has 5 rings (SSSR count). The van der Waals surface area contributed by atoms with Crippen LogP contribution in [0, 0.1) is 5.92 Å². The summed E-state index contributed by atoms with van der Waals surface area (Å²) in [6.45, 7) is 3.59. The number of piperidine rings is 1. The number of carbonyl (C=O) groups is 1. The average molecular weight is 377 g/mol. The Balaban J connectivity index is 1.27. The number of anilines is 1. The Hall–Kier alpha value is -2.77. The van der Waals surface area contributed by atoms with Gasteiger partial charge < -0.3 is 10.1 Å². The minimum atomic E-state index is 0.0482. The second kappa shape index (κ2) is 7.33. The number of aromatic nitrogens is 3. The Kier molecular flexibility index (Phi) is 4.54. The van der Waals surface area contributed by atoms with Crippen LogP contribution in [0.25, 0.3) is 21.9 Å². The molecule has 28 heavy (non-hydrogen) atoms. The third kappa shape index (κ3) is 3.39. The van der Waals surface area contributed by atoms with Crippen LogP contribution < -0.4 is 5.32 Å². The minimum Gasteiger partial charge on any atom is -0.378 e. The number of pyridine rings is 1. The first-order valence-electron chi connectivity index (χ1n) is 9.78. The van der Waals surface area contributed by atoms with Crippen LogP contribution in [0.3, 0.4) is 0 Å². The summed E-state index contributed by atoms with van der Waals surface area (Å²) in [6.07, 6.45) is 7.25. The van der Waals surface area contributed by atoms with Crippen LogP contribution in [-0.2, 0) is 9.53 Å². The Morgan fingerprint density at radius 2 is 1.96 bits per heavy atom. The number of hydrogen-bond donors (Lipinski definition) is 2. The summed E-state index contributed by atoms with van der Waals surface area (Å²) < 4.78 is 5.27. The van der Waals surface area contributed by atoms with Gasteiger partial charge >= 0.3 is 0 Å². The lowest BCUT2D eigenvalue weighted by molar-refractivity contribution is -0.123. The van der Waals surface area contributed by atoms with Gasteiger partial charge in [-0.2, -0.15) is 5.10 Å². The standard InChI is InChI=1S/C21H23N5O2/c27-21(14-3-5-26(6-4-14)19-12-28-13-19)25-20-8-17-7-15(18-10-23-24-11-18)1-2-16(17)9-22-20/h1-2,7-11,14,19H,3-6,12-13H2,(H,23,24)(H,22,25,27). The molecular weight excluding hydrogens is 354 g/mol. The number of benzene rings is 1. The van der Waals surface area contributed by atoms with E-state index in [4.69, 9.17) is 4.74 Å². The number of H-pyrrole nitrogens is 1. The van der Waals surface area contributed by atoms with Gasteiger partial charge in [0, 0.05) is 29.3 Å². The van der Waals surface area contributed by atoms with Crippen molar-refractivity contribution in [1.82, 2.24) is 20.1 Å². The predicted molar refractivity (Wildman–Crippen MR) is 107 cm³/mol. The van der Waals surface area contributed by atoms with Crippen LogP contribution >= 0.6 is 0 Å². The van der Waals surface area contributed by atoms with Gasteiger partial charge in [-0.05, 0) is 49.0 Å². The highest BCUT2D eigenvalue weighted by Gasteiger charge is 2.32. The van der Waals surface area contributed by atoms with E-state index in [-0.39, 0.29) is 11.8 Å². The fraction of sp³-hybridized carbons (Fsp3) is 0.381. The van der Waals surface area contributed by atoms with E-state index in [0.29, 0.717) is 11.9 Å². The molecule has 0 aliphatic carbocycles. The predicted octanol–water partition coefficient (Wildman–Crippen LogP) is 2.67. The first-order valence-corrected chi connectivity index (χ1v) is 9.78. The normalized spacial score (nSPS) is 18.9. The molecule has 2 N–H and O–H groups in total. The largest absolute Gasteiger partial charge is 0.378 e. The molecule has 2 aliphatic heterocycles. The van der Waals surface area contributed by atoms with Crippen molar-refractivity contribution in [1.29, 1.82) is 0 Å². The molecule has 2 fully saturated rings. The summed E-state index contributed by atoms with van der Waals surface area (Å²) in [7, 11) is 0. The van der Waals surface area contributed by atoms with E-state index in [9.17, 15) is 4.79 Å². The number of carbonyl (C=O) groups excluding carboxylic acids is 1. The fourth-order valence-electron chi connectivity index (χ4n) is 3.99. The zero-order valence-corrected chi connectivity index (χ0v) is 15.6. The van der Waals surface area contributed by atoms with Crippen LogP contribution in [0.1, 0.15) is 12.8 Å². The third-order valence-corrected chi connectivity index (χ3v) is 5.84. The summed E-state index contributed by atoms with van der Waals surface area (Å²) in [5, 5.41) is 12.0. The Morgan fingerprint density at radius 1 is 1.11 bits per heavy atom. The number of fused-ring (bicyclic) bond motifs is 1. The van der Waals surface area contributed by atoms with E-state index in [0.717, 1.165) is 61.0 Å². The van der Waals surface area contributed by atoms with Crippen molar-refractivity contribution in [2.45, 2.75) is 18.9 Å². The molecule has 4 heterocycles. The molecule has 2 aliphatic rings. The zero-order valence-electron chi connectivity index (χ0n) is 15.6. The molecule has 3 aromatic rings. The number of rotatable bonds is 4. The summed E-state index contributed by atoms with van der Waals surface area (Å²) in [5.74, 6) is 0.728. The summed E-state index contributed by atoms with van der Waals surface area (Å²) in [6, 6.07) is 8.68. The van der Waals surface area contributed by atoms with E-state index in [1.807, 2.05) is 30.6 Å². The number of likely N-dealkylation sites (tertiary alicyclic amines) is 1. The molecule has 0 radical (unpaired) electrons. The molecule has 0 unspecified atom stereocenters. The van der Waals surface area contributed by atoms with Gasteiger partial charge in [-0.3, -0.25) is 14.8 Å². The molecule has 2 saturated heterocycles. The molecule has 144 valence electrons. The fourth-order valence-corrected chi connectivity index (χ4v) is 3.99. The van der Waals surface area contributed by atoms with E-state index in [1.54, 1.807) is 6.20 Å². The maximum absolute atomic E-state index is 12.7. The molecule has 2 aromatic heterocycles. The van der Waals surface area contributed by atoms with Gasteiger partial charge in [-0.1, -0.05) is 12.1 Å². The van der Waals surface area contributed by atoms with E-state index >= 15 is 0 Å². The van der Waals surface area contributed by atoms with Crippen LogP contribution in [0.15, 0.2) is 42.9 Å². The second-order valence-corrected chi connectivity index (χ2v) is 7.61. The molecule has 1 aromatic carbocycles. The number of nitrogens with one attached hydrogen (secondary N) is 2. The summed E-state index contributed by atoms with van der Waals surface area (Å²) in [4.78, 5) is 19.6. The topological polar surface area (TPSA) is 83.1 Å². The van der Waals surface area contributed by atoms with E-state index < -0.39 is 0 Å². The monoisotopic (exact) mass is 377 g/mol. The lowest BCUT2D eigenvalue weighted by atomic mass is 9.94. The molecule has 0 spiro atoms. The van der Waals surface area contributed by atoms with Crippen LogP contribution in [0.2, 0.25) is 0 Å². The van der Waals surface area contributed by atoms with Crippen molar-refractivity contribution in [2.24, 2.45) is 5.92 Å². The van der Waals surface area contributed by atoms with Gasteiger partial charge in [0.25, 0.3) is 0 Å². The number of aromatic amines is 1. The van der Waals surface area contributed by atoms with Crippen molar-refractivity contribution in [3.63, 3.8) is 0 Å². The van der Waals surface area contributed by atoms with Crippen LogP contribution in [0.4, 0.5) is 5.82 Å². The van der Waals surface area contributed by atoms with E-state index in [1.165, 1.54) is 0 Å². The number of nitrogens with zero attached hydrogens (tertiary/aromatic N) is 3. The van der Waals surface area contributed by atoms with Crippen LogP contribution in [-0.4, -0.2) is 58.3 Å². The SMILES string of the molecule is O=C(Nc1cc2cc(-c3cn[nH]c3)ccc2cn1)C1CCN(C2COC2)CC1. The lowest BCUT2D eigenvalue weighted by Gasteiger charge is -2.41. The van der Waals surface area contributed by atoms with Crippen LogP contribution in [0.5, 0.6) is 0 Å². The minimum absolute atomic E-state index is 0.0482. The second-order valence-electron chi connectivity index (χ2n) is 7.61. The molecule has 0 saturated carbocycles. The third-order valence-electron chi connectivity index (χ3n) is 5.84.